The lowest BCUT2D eigenvalue weighted by Gasteiger charge is -2.14. The molecule has 0 saturated carbocycles. The van der Waals surface area contributed by atoms with Crippen molar-refractivity contribution in [1.82, 2.24) is 26.8 Å². The molecule has 0 fully saturated rings. The highest BCUT2D eigenvalue weighted by Crippen LogP contribution is 2.43. The summed E-state index contributed by atoms with van der Waals surface area (Å²) < 4.78 is 23.2. The molecule has 6 nitrogen and oxygen atoms in total. The maximum Gasteiger partial charge on any atom is 0.112 e. The number of fused-ring (bicyclic) bond motifs is 8. The molecule has 0 atom stereocenters. The fourth-order valence-electron chi connectivity index (χ4n) is 6.93. The van der Waals surface area contributed by atoms with Crippen LogP contribution >= 0.6 is 23.5 Å². The smallest absolute Gasteiger partial charge is 0.112 e. The van der Waals surface area contributed by atoms with E-state index in [1.54, 1.807) is 0 Å². The minimum Gasteiger partial charge on any atom is -0.248 e. The summed E-state index contributed by atoms with van der Waals surface area (Å²) in [4.78, 5) is 0. The fraction of sp³-hybridized carbons (Fsp3) is 0. The van der Waals surface area contributed by atoms with E-state index in [4.69, 9.17) is 0 Å². The maximum absolute atomic E-state index is 4.69. The van der Waals surface area contributed by atoms with Crippen molar-refractivity contribution < 1.29 is 0 Å². The third kappa shape index (κ3) is 3.18. The first-order valence-electron chi connectivity index (χ1n) is 14.3. The van der Waals surface area contributed by atoms with Crippen LogP contribution in [-0.4, -0.2) is 26.8 Å². The van der Waals surface area contributed by atoms with Gasteiger partial charge in [-0.25, -0.2) is 9.35 Å². The number of hydrogen-bond donors (Lipinski definition) is 0. The van der Waals surface area contributed by atoms with Gasteiger partial charge in [0.15, 0.2) is 0 Å². The molecule has 10 rings (SSSR count). The van der Waals surface area contributed by atoms with Crippen molar-refractivity contribution in [2.24, 2.45) is 0 Å². The third-order valence-electron chi connectivity index (χ3n) is 8.70. The summed E-state index contributed by atoms with van der Waals surface area (Å²) in [6.07, 6.45) is 0. The highest BCUT2D eigenvalue weighted by molar-refractivity contribution is 7.00. The summed E-state index contributed by atoms with van der Waals surface area (Å²) >= 11 is 2.52. The Hall–Kier alpha value is -5.44. The van der Waals surface area contributed by atoms with Gasteiger partial charge in [-0.2, -0.15) is 17.5 Å². The Morgan fingerprint density at radius 2 is 0.773 bits per heavy atom. The fourth-order valence-corrected chi connectivity index (χ4v) is 8.02. The van der Waals surface area contributed by atoms with Crippen molar-refractivity contribution in [2.75, 3.05) is 0 Å². The van der Waals surface area contributed by atoms with E-state index in [2.05, 4.69) is 136 Å². The molecule has 10 aromatic rings. The first-order chi connectivity index (χ1) is 21.9. The Morgan fingerprint density at radius 1 is 0.364 bits per heavy atom. The molecule has 0 N–H and O–H groups in total. The van der Waals surface area contributed by atoms with Crippen molar-refractivity contribution in [3.8, 4) is 22.3 Å². The van der Waals surface area contributed by atoms with Gasteiger partial charge in [0, 0.05) is 32.7 Å². The monoisotopic (exact) mass is 600 g/mol. The van der Waals surface area contributed by atoms with E-state index in [0.717, 1.165) is 66.4 Å². The number of aromatic nitrogens is 6. The molecule has 0 spiro atoms. The van der Waals surface area contributed by atoms with Gasteiger partial charge in [0.1, 0.15) is 22.1 Å². The molecule has 206 valence electrons. The van der Waals surface area contributed by atoms with E-state index in [0.29, 0.717) is 0 Å². The lowest BCUT2D eigenvalue weighted by molar-refractivity contribution is 0.775. The number of hydrogen-bond acceptors (Lipinski definition) is 6. The Balaban J connectivity index is 1.36. The van der Waals surface area contributed by atoms with Crippen molar-refractivity contribution in [1.29, 1.82) is 0 Å². The molecule has 4 heterocycles. The van der Waals surface area contributed by atoms with Crippen LogP contribution in [-0.2, 0) is 0 Å². The topological polar surface area (TPSA) is 61.4 Å². The second kappa shape index (κ2) is 9.03. The molecule has 44 heavy (non-hydrogen) atoms. The van der Waals surface area contributed by atoms with Gasteiger partial charge in [-0.1, -0.05) is 84.9 Å². The Morgan fingerprint density at radius 3 is 1.27 bits per heavy atom. The summed E-state index contributed by atoms with van der Waals surface area (Å²) in [6.45, 7) is 0. The van der Waals surface area contributed by atoms with E-state index in [1.807, 2.05) is 12.1 Å². The van der Waals surface area contributed by atoms with Crippen LogP contribution < -0.4 is 0 Å². The Labute approximate surface area is 258 Å². The van der Waals surface area contributed by atoms with Crippen LogP contribution in [0.15, 0.2) is 121 Å². The number of nitrogens with zero attached hydrogens (tertiary/aromatic N) is 6. The van der Waals surface area contributed by atoms with Crippen LogP contribution in [0.25, 0.3) is 87.9 Å². The van der Waals surface area contributed by atoms with Crippen LogP contribution in [0.2, 0.25) is 0 Å². The standard InChI is InChI=1S/C36H20N6S2/c1-3-17-29-25(9-1)33-21(23-13-5-15-27-35(23)39-43-37-27)11-7-19-31(33)41(29)42-30-18-4-2-10-26(30)34-22(12-8-20-32(34)42)24-14-6-16-28-36(24)40-44-38-28/h1-20H. The van der Waals surface area contributed by atoms with E-state index in [-0.39, 0.29) is 0 Å². The molecule has 0 bridgehead atoms. The average Bonchev–Trinajstić information content (AvgIpc) is 3.87. The van der Waals surface area contributed by atoms with E-state index < -0.39 is 0 Å². The van der Waals surface area contributed by atoms with Crippen LogP contribution in [0.4, 0.5) is 0 Å². The predicted octanol–water partition coefficient (Wildman–Crippen LogP) is 9.56. The van der Waals surface area contributed by atoms with Gasteiger partial charge in [-0.05, 0) is 47.5 Å². The molecular weight excluding hydrogens is 581 g/mol. The highest BCUT2D eigenvalue weighted by Gasteiger charge is 2.22. The molecular formula is C36H20N6S2. The van der Waals surface area contributed by atoms with Gasteiger partial charge in [0.2, 0.25) is 0 Å². The molecule has 0 saturated heterocycles. The van der Waals surface area contributed by atoms with E-state index in [9.17, 15) is 0 Å². The second-order valence-corrected chi connectivity index (χ2v) is 12.0. The molecule has 0 aliphatic rings. The van der Waals surface area contributed by atoms with Gasteiger partial charge in [0.05, 0.1) is 45.5 Å². The molecule has 0 amide bonds. The highest BCUT2D eigenvalue weighted by atomic mass is 32.1. The molecule has 0 radical (unpaired) electrons. The number of para-hydroxylation sites is 2. The summed E-state index contributed by atoms with van der Waals surface area (Å²) in [7, 11) is 0. The number of benzene rings is 6. The molecule has 0 unspecified atom stereocenters. The normalized spacial score (nSPS) is 12.1. The van der Waals surface area contributed by atoms with Crippen molar-refractivity contribution in [3.63, 3.8) is 0 Å². The van der Waals surface area contributed by atoms with Gasteiger partial charge in [-0.15, -0.1) is 0 Å². The zero-order valence-electron chi connectivity index (χ0n) is 23.0. The first-order valence-corrected chi connectivity index (χ1v) is 15.8. The first kappa shape index (κ1) is 24.0. The van der Waals surface area contributed by atoms with Crippen LogP contribution in [0.5, 0.6) is 0 Å². The van der Waals surface area contributed by atoms with Gasteiger partial charge in [0.25, 0.3) is 0 Å². The Kier molecular flexibility index (Phi) is 4.94. The number of rotatable bonds is 3. The average molecular weight is 601 g/mol. The second-order valence-electron chi connectivity index (χ2n) is 10.9. The third-order valence-corrected chi connectivity index (χ3v) is 9.78. The summed E-state index contributed by atoms with van der Waals surface area (Å²) in [5.41, 5.74) is 12.8. The molecule has 6 aromatic carbocycles. The SMILES string of the molecule is c1cc(-c2cccc3c2c2ccccc2n3-n2c3ccccc3c3c(-c4cccc5nsnc45)cccc32)c2nsnc2c1. The van der Waals surface area contributed by atoms with Crippen LogP contribution in [0, 0.1) is 0 Å². The predicted molar refractivity (Wildman–Crippen MR) is 183 cm³/mol. The minimum atomic E-state index is 0.925. The summed E-state index contributed by atoms with van der Waals surface area (Å²) in [5.74, 6) is 0. The van der Waals surface area contributed by atoms with Gasteiger partial charge >= 0.3 is 0 Å². The zero-order valence-corrected chi connectivity index (χ0v) is 24.7. The van der Waals surface area contributed by atoms with Crippen LogP contribution in [0.3, 0.4) is 0 Å². The van der Waals surface area contributed by atoms with E-state index in [1.165, 1.54) is 45.0 Å². The van der Waals surface area contributed by atoms with Crippen LogP contribution in [0.1, 0.15) is 0 Å². The van der Waals surface area contributed by atoms with Gasteiger partial charge in [-0.3, -0.25) is 0 Å². The Bertz CT molecular complexity index is 2560. The summed E-state index contributed by atoms with van der Waals surface area (Å²) in [5, 5.41) is 4.78. The van der Waals surface area contributed by atoms with E-state index >= 15 is 0 Å². The summed E-state index contributed by atoms with van der Waals surface area (Å²) in [6, 6.07) is 43.1. The molecule has 0 aliphatic heterocycles. The molecule has 8 heteroatoms. The molecule has 4 aromatic heterocycles. The van der Waals surface area contributed by atoms with Crippen molar-refractivity contribution in [2.45, 2.75) is 0 Å². The minimum absolute atomic E-state index is 0.925. The quantitative estimate of drug-likeness (QED) is 0.203. The van der Waals surface area contributed by atoms with Crippen molar-refractivity contribution >= 4 is 89.1 Å². The maximum atomic E-state index is 4.69. The van der Waals surface area contributed by atoms with Crippen molar-refractivity contribution in [3.05, 3.63) is 121 Å². The lowest BCUT2D eigenvalue weighted by atomic mass is 9.98. The lowest BCUT2D eigenvalue weighted by Crippen LogP contribution is -2.08. The molecule has 0 aliphatic carbocycles. The van der Waals surface area contributed by atoms with Gasteiger partial charge < -0.3 is 0 Å². The largest absolute Gasteiger partial charge is 0.248 e. The zero-order chi connectivity index (χ0) is 28.8.